The Hall–Kier alpha value is -2.27. The number of nitrogens with zero attached hydrogens (tertiary/aromatic N) is 1. The number of hydrogen-bond donors (Lipinski definition) is 1. The van der Waals surface area contributed by atoms with E-state index in [2.05, 4.69) is 24.4 Å². The number of benzene rings is 1. The first-order chi connectivity index (χ1) is 11.7. The number of nitrogens with one attached hydrogen (secondary N) is 1. The molecular weight excluding hydrogens is 304 g/mol. The standard InChI is InChI=1S/C19H24N2O3/c1-15(16-7-8-17-18(14-16)24-13-12-23-17)20-9-3-5-11-21-10-4-2-6-19(21)22/h2,4,6-8,10,14-15,20H,3,5,9,11-13H2,1H3/t15-/m0/s1. The monoisotopic (exact) mass is 328 g/mol. The highest BCUT2D eigenvalue weighted by molar-refractivity contribution is 5.44. The van der Waals surface area contributed by atoms with Gasteiger partial charge in [-0.25, -0.2) is 0 Å². The molecule has 2 heterocycles. The third-order valence-corrected chi connectivity index (χ3v) is 4.24. The summed E-state index contributed by atoms with van der Waals surface area (Å²) in [6, 6.07) is 11.6. The summed E-state index contributed by atoms with van der Waals surface area (Å²) in [6.45, 7) is 5.05. The van der Waals surface area contributed by atoms with Crippen LogP contribution in [-0.4, -0.2) is 24.3 Å². The molecule has 128 valence electrons. The lowest BCUT2D eigenvalue weighted by atomic mass is 10.1. The fourth-order valence-corrected chi connectivity index (χ4v) is 2.82. The van der Waals surface area contributed by atoms with Crippen molar-refractivity contribution in [3.8, 4) is 11.5 Å². The summed E-state index contributed by atoms with van der Waals surface area (Å²) in [7, 11) is 0. The molecule has 1 N–H and O–H groups in total. The van der Waals surface area contributed by atoms with E-state index in [4.69, 9.17) is 9.47 Å². The van der Waals surface area contributed by atoms with Crippen LogP contribution in [0, 0.1) is 0 Å². The van der Waals surface area contributed by atoms with E-state index < -0.39 is 0 Å². The van der Waals surface area contributed by atoms with Crippen LogP contribution in [0.25, 0.3) is 0 Å². The fraction of sp³-hybridized carbons (Fsp3) is 0.421. The maximum absolute atomic E-state index is 11.6. The lowest BCUT2D eigenvalue weighted by molar-refractivity contribution is 0.171. The second-order valence-electron chi connectivity index (χ2n) is 6.02. The highest BCUT2D eigenvalue weighted by Gasteiger charge is 2.14. The van der Waals surface area contributed by atoms with E-state index in [0.29, 0.717) is 13.2 Å². The van der Waals surface area contributed by atoms with Gasteiger partial charge in [-0.05, 0) is 50.1 Å². The van der Waals surface area contributed by atoms with Crippen molar-refractivity contribution in [1.82, 2.24) is 9.88 Å². The summed E-state index contributed by atoms with van der Waals surface area (Å²) in [5.74, 6) is 1.65. The van der Waals surface area contributed by atoms with Crippen molar-refractivity contribution < 1.29 is 9.47 Å². The van der Waals surface area contributed by atoms with Gasteiger partial charge in [-0.3, -0.25) is 4.79 Å². The molecule has 0 saturated heterocycles. The molecule has 3 rings (SSSR count). The molecule has 1 aromatic carbocycles. The number of rotatable bonds is 7. The Morgan fingerprint density at radius 2 is 1.96 bits per heavy atom. The van der Waals surface area contributed by atoms with Gasteiger partial charge in [0.2, 0.25) is 5.56 Å². The summed E-state index contributed by atoms with van der Waals surface area (Å²) in [5, 5.41) is 3.52. The molecule has 0 radical (unpaired) electrons. The third-order valence-electron chi connectivity index (χ3n) is 4.24. The van der Waals surface area contributed by atoms with Crippen LogP contribution in [0.1, 0.15) is 31.4 Å². The Kier molecular flexibility index (Phi) is 5.54. The molecule has 5 heteroatoms. The van der Waals surface area contributed by atoms with Crippen molar-refractivity contribution in [2.75, 3.05) is 19.8 Å². The van der Waals surface area contributed by atoms with Gasteiger partial charge in [0.15, 0.2) is 11.5 Å². The Balaban J connectivity index is 1.43. The van der Waals surface area contributed by atoms with Crippen LogP contribution < -0.4 is 20.3 Å². The second kappa shape index (κ2) is 8.02. The number of aromatic nitrogens is 1. The highest BCUT2D eigenvalue weighted by Crippen LogP contribution is 2.32. The van der Waals surface area contributed by atoms with Crippen LogP contribution in [0.5, 0.6) is 11.5 Å². The predicted octanol–water partition coefficient (Wildman–Crippen LogP) is 2.75. The van der Waals surface area contributed by atoms with Gasteiger partial charge in [0.25, 0.3) is 0 Å². The second-order valence-corrected chi connectivity index (χ2v) is 6.02. The maximum Gasteiger partial charge on any atom is 0.250 e. The number of unbranched alkanes of at least 4 members (excludes halogenated alkanes) is 1. The van der Waals surface area contributed by atoms with E-state index in [1.165, 1.54) is 5.56 Å². The summed E-state index contributed by atoms with van der Waals surface area (Å²) in [4.78, 5) is 11.6. The van der Waals surface area contributed by atoms with Gasteiger partial charge in [0, 0.05) is 24.8 Å². The highest BCUT2D eigenvalue weighted by atomic mass is 16.6. The van der Waals surface area contributed by atoms with E-state index in [1.54, 1.807) is 16.7 Å². The van der Waals surface area contributed by atoms with Crippen molar-refractivity contribution in [2.24, 2.45) is 0 Å². The molecule has 0 aliphatic carbocycles. The maximum atomic E-state index is 11.6. The zero-order chi connectivity index (χ0) is 16.8. The van der Waals surface area contributed by atoms with E-state index in [0.717, 1.165) is 37.4 Å². The minimum atomic E-state index is 0.0649. The van der Waals surface area contributed by atoms with Crippen molar-refractivity contribution >= 4 is 0 Å². The quantitative estimate of drug-likeness (QED) is 0.794. The third kappa shape index (κ3) is 4.17. The molecule has 1 atom stereocenters. The van der Waals surface area contributed by atoms with Crippen LogP contribution in [0.3, 0.4) is 0 Å². The van der Waals surface area contributed by atoms with Crippen molar-refractivity contribution in [2.45, 2.75) is 32.4 Å². The summed E-state index contributed by atoms with van der Waals surface area (Å²) >= 11 is 0. The minimum Gasteiger partial charge on any atom is -0.486 e. The van der Waals surface area contributed by atoms with Crippen molar-refractivity contribution in [1.29, 1.82) is 0 Å². The number of hydrogen-bond acceptors (Lipinski definition) is 4. The average molecular weight is 328 g/mol. The molecule has 0 unspecified atom stereocenters. The molecule has 1 aromatic heterocycles. The SMILES string of the molecule is C[C@H](NCCCCn1ccccc1=O)c1ccc2c(c1)OCCO2. The van der Waals surface area contributed by atoms with Gasteiger partial charge in [-0.15, -0.1) is 0 Å². The molecule has 0 amide bonds. The molecule has 24 heavy (non-hydrogen) atoms. The first-order valence-electron chi connectivity index (χ1n) is 8.52. The van der Waals surface area contributed by atoms with Crippen molar-refractivity contribution in [3.05, 3.63) is 58.5 Å². The van der Waals surface area contributed by atoms with Gasteiger partial charge in [0.1, 0.15) is 13.2 Å². The summed E-state index contributed by atoms with van der Waals surface area (Å²) in [6.07, 6.45) is 3.84. The predicted molar refractivity (Wildman–Crippen MR) is 93.8 cm³/mol. The largest absolute Gasteiger partial charge is 0.486 e. The van der Waals surface area contributed by atoms with Crippen LogP contribution in [-0.2, 0) is 6.54 Å². The molecule has 1 aliphatic heterocycles. The van der Waals surface area contributed by atoms with Crippen LogP contribution in [0.2, 0.25) is 0 Å². The van der Waals surface area contributed by atoms with Crippen LogP contribution in [0.15, 0.2) is 47.4 Å². The fourth-order valence-electron chi connectivity index (χ4n) is 2.82. The van der Waals surface area contributed by atoms with E-state index in [1.807, 2.05) is 18.3 Å². The van der Waals surface area contributed by atoms with Crippen LogP contribution >= 0.6 is 0 Å². The molecule has 0 spiro atoms. The zero-order valence-electron chi connectivity index (χ0n) is 14.0. The average Bonchev–Trinajstić information content (AvgIpc) is 2.62. The Morgan fingerprint density at radius 1 is 1.12 bits per heavy atom. The Bertz CT molecular complexity index is 727. The number of pyridine rings is 1. The lowest BCUT2D eigenvalue weighted by Gasteiger charge is -2.21. The number of ether oxygens (including phenoxy) is 2. The van der Waals surface area contributed by atoms with Gasteiger partial charge in [-0.1, -0.05) is 12.1 Å². The van der Waals surface area contributed by atoms with Gasteiger partial charge in [0.05, 0.1) is 0 Å². The van der Waals surface area contributed by atoms with E-state index >= 15 is 0 Å². The topological polar surface area (TPSA) is 52.5 Å². The first-order valence-corrected chi connectivity index (χ1v) is 8.52. The number of aryl methyl sites for hydroxylation is 1. The number of fused-ring (bicyclic) bond motifs is 1. The molecule has 0 saturated carbocycles. The van der Waals surface area contributed by atoms with E-state index in [-0.39, 0.29) is 11.6 Å². The van der Waals surface area contributed by atoms with Crippen molar-refractivity contribution in [3.63, 3.8) is 0 Å². The molecular formula is C19H24N2O3. The molecule has 0 bridgehead atoms. The molecule has 1 aliphatic rings. The molecule has 0 fully saturated rings. The first kappa shape index (κ1) is 16.6. The van der Waals surface area contributed by atoms with Gasteiger partial charge in [-0.2, -0.15) is 0 Å². The smallest absolute Gasteiger partial charge is 0.250 e. The van der Waals surface area contributed by atoms with E-state index in [9.17, 15) is 4.79 Å². The minimum absolute atomic E-state index is 0.0649. The van der Waals surface area contributed by atoms with Gasteiger partial charge >= 0.3 is 0 Å². The normalized spacial score (nSPS) is 14.4. The lowest BCUT2D eigenvalue weighted by Crippen LogP contribution is -2.22. The summed E-state index contributed by atoms with van der Waals surface area (Å²) < 4.78 is 12.9. The van der Waals surface area contributed by atoms with Gasteiger partial charge < -0.3 is 19.4 Å². The summed E-state index contributed by atoms with van der Waals surface area (Å²) in [5.41, 5.74) is 1.26. The zero-order valence-corrected chi connectivity index (χ0v) is 14.0. The molecule has 5 nitrogen and oxygen atoms in total. The van der Waals surface area contributed by atoms with Crippen LogP contribution in [0.4, 0.5) is 0 Å². The Labute approximate surface area is 142 Å². The molecule has 2 aromatic rings. The Morgan fingerprint density at radius 3 is 2.79 bits per heavy atom.